The minimum absolute atomic E-state index is 0.210. The molecule has 0 unspecified atom stereocenters. The van der Waals surface area contributed by atoms with Crippen molar-refractivity contribution < 1.29 is 9.53 Å². The number of imidazole rings is 1. The first-order valence-corrected chi connectivity index (χ1v) is 7.86. The number of benzene rings is 1. The van der Waals surface area contributed by atoms with Crippen LogP contribution in [0.25, 0.3) is 0 Å². The SMILES string of the molecule is COc1ccc(CCN2C[C@H](NCc3cnc[nH]3)CC2=O)cc1. The van der Waals surface area contributed by atoms with E-state index in [2.05, 4.69) is 15.3 Å². The Morgan fingerprint density at radius 3 is 2.91 bits per heavy atom. The Balaban J connectivity index is 1.45. The van der Waals surface area contributed by atoms with Crippen molar-refractivity contribution in [3.05, 3.63) is 48.0 Å². The molecule has 0 radical (unpaired) electrons. The summed E-state index contributed by atoms with van der Waals surface area (Å²) in [5.41, 5.74) is 2.25. The van der Waals surface area contributed by atoms with Crippen LogP contribution in [0.3, 0.4) is 0 Å². The molecule has 0 bridgehead atoms. The van der Waals surface area contributed by atoms with Gasteiger partial charge in [0.25, 0.3) is 0 Å². The van der Waals surface area contributed by atoms with Crippen molar-refractivity contribution in [2.45, 2.75) is 25.4 Å². The molecule has 6 nitrogen and oxygen atoms in total. The van der Waals surface area contributed by atoms with Crippen molar-refractivity contribution in [2.24, 2.45) is 0 Å². The van der Waals surface area contributed by atoms with Gasteiger partial charge in [-0.1, -0.05) is 12.1 Å². The number of rotatable bonds is 7. The molecule has 1 amide bonds. The third kappa shape index (κ3) is 4.10. The van der Waals surface area contributed by atoms with E-state index in [4.69, 9.17) is 4.74 Å². The van der Waals surface area contributed by atoms with Crippen LogP contribution in [-0.4, -0.2) is 47.0 Å². The molecule has 23 heavy (non-hydrogen) atoms. The van der Waals surface area contributed by atoms with E-state index in [1.807, 2.05) is 29.2 Å². The maximum Gasteiger partial charge on any atom is 0.224 e. The van der Waals surface area contributed by atoms with Gasteiger partial charge in [0.15, 0.2) is 0 Å². The first-order valence-electron chi connectivity index (χ1n) is 7.86. The second-order valence-corrected chi connectivity index (χ2v) is 5.80. The van der Waals surface area contributed by atoms with Gasteiger partial charge in [-0.25, -0.2) is 4.98 Å². The molecule has 1 aliphatic rings. The third-order valence-corrected chi connectivity index (χ3v) is 4.18. The summed E-state index contributed by atoms with van der Waals surface area (Å²) in [4.78, 5) is 21.1. The molecule has 6 heteroatoms. The van der Waals surface area contributed by atoms with Gasteiger partial charge in [-0.15, -0.1) is 0 Å². The molecule has 2 heterocycles. The van der Waals surface area contributed by atoms with E-state index in [-0.39, 0.29) is 11.9 Å². The van der Waals surface area contributed by atoms with Crippen LogP contribution in [0.4, 0.5) is 0 Å². The van der Waals surface area contributed by atoms with Gasteiger partial charge < -0.3 is 19.9 Å². The van der Waals surface area contributed by atoms with Crippen molar-refractivity contribution in [2.75, 3.05) is 20.2 Å². The summed E-state index contributed by atoms with van der Waals surface area (Å²) in [6, 6.07) is 8.22. The summed E-state index contributed by atoms with van der Waals surface area (Å²) in [6.07, 6.45) is 4.89. The van der Waals surface area contributed by atoms with Gasteiger partial charge in [-0.3, -0.25) is 4.79 Å². The molecule has 122 valence electrons. The van der Waals surface area contributed by atoms with E-state index in [1.165, 1.54) is 5.56 Å². The number of carbonyl (C=O) groups is 1. The lowest BCUT2D eigenvalue weighted by molar-refractivity contribution is -0.127. The lowest BCUT2D eigenvalue weighted by Gasteiger charge is -2.17. The molecule has 2 aromatic rings. The Labute approximate surface area is 135 Å². The van der Waals surface area contributed by atoms with E-state index in [0.29, 0.717) is 13.0 Å². The molecule has 1 aliphatic heterocycles. The third-order valence-electron chi connectivity index (χ3n) is 4.18. The Hall–Kier alpha value is -2.34. The number of ether oxygens (including phenoxy) is 1. The zero-order chi connectivity index (χ0) is 16.1. The molecule has 0 saturated carbocycles. The standard InChI is InChI=1S/C17H22N4O2/c1-23-16-4-2-13(3-5-16)6-7-21-11-14(8-17(21)22)19-10-15-9-18-12-20-15/h2-5,9,12,14,19H,6-8,10-11H2,1H3,(H,18,20)/t14-/m1/s1. The summed E-state index contributed by atoms with van der Waals surface area (Å²) >= 11 is 0. The maximum atomic E-state index is 12.1. The number of aromatic amines is 1. The fraction of sp³-hybridized carbons (Fsp3) is 0.412. The predicted octanol–water partition coefficient (Wildman–Crippen LogP) is 1.35. The minimum atomic E-state index is 0.210. The highest BCUT2D eigenvalue weighted by molar-refractivity contribution is 5.79. The molecule has 1 atom stereocenters. The van der Waals surface area contributed by atoms with E-state index in [1.54, 1.807) is 19.6 Å². The normalized spacial score (nSPS) is 17.7. The van der Waals surface area contributed by atoms with E-state index >= 15 is 0 Å². The maximum absolute atomic E-state index is 12.1. The summed E-state index contributed by atoms with van der Waals surface area (Å²) in [7, 11) is 1.66. The summed E-state index contributed by atoms with van der Waals surface area (Å²) in [6.45, 7) is 2.24. The van der Waals surface area contributed by atoms with Gasteiger partial charge in [-0.2, -0.15) is 0 Å². The lowest BCUT2D eigenvalue weighted by atomic mass is 10.1. The van der Waals surface area contributed by atoms with Gasteiger partial charge in [0.05, 0.1) is 13.4 Å². The van der Waals surface area contributed by atoms with Crippen molar-refractivity contribution in [3.63, 3.8) is 0 Å². The molecule has 1 fully saturated rings. The number of nitrogens with zero attached hydrogens (tertiary/aromatic N) is 2. The highest BCUT2D eigenvalue weighted by Gasteiger charge is 2.28. The Morgan fingerprint density at radius 1 is 1.39 bits per heavy atom. The minimum Gasteiger partial charge on any atom is -0.497 e. The van der Waals surface area contributed by atoms with Crippen LogP contribution in [0.2, 0.25) is 0 Å². The van der Waals surface area contributed by atoms with Crippen LogP contribution in [0.5, 0.6) is 5.75 Å². The largest absolute Gasteiger partial charge is 0.497 e. The van der Waals surface area contributed by atoms with Crippen molar-refractivity contribution >= 4 is 5.91 Å². The number of nitrogens with one attached hydrogen (secondary N) is 2. The average molecular weight is 314 g/mol. The highest BCUT2D eigenvalue weighted by atomic mass is 16.5. The number of hydrogen-bond acceptors (Lipinski definition) is 4. The molecule has 1 aromatic heterocycles. The number of hydrogen-bond donors (Lipinski definition) is 2. The van der Waals surface area contributed by atoms with Crippen LogP contribution >= 0.6 is 0 Å². The summed E-state index contributed by atoms with van der Waals surface area (Å²) in [5.74, 6) is 1.08. The van der Waals surface area contributed by atoms with Gasteiger partial charge in [0.2, 0.25) is 5.91 Å². The fourth-order valence-corrected chi connectivity index (χ4v) is 2.82. The number of carbonyl (C=O) groups excluding carboxylic acids is 1. The molecular formula is C17H22N4O2. The van der Waals surface area contributed by atoms with Gasteiger partial charge in [-0.05, 0) is 24.1 Å². The van der Waals surface area contributed by atoms with Crippen molar-refractivity contribution in [3.8, 4) is 5.75 Å². The van der Waals surface area contributed by atoms with Crippen LogP contribution < -0.4 is 10.1 Å². The van der Waals surface area contributed by atoms with Crippen LogP contribution in [0, 0.1) is 0 Å². The number of amides is 1. The Morgan fingerprint density at radius 2 is 2.22 bits per heavy atom. The van der Waals surface area contributed by atoms with E-state index in [0.717, 1.165) is 31.0 Å². The average Bonchev–Trinajstić information content (AvgIpc) is 3.21. The van der Waals surface area contributed by atoms with Crippen molar-refractivity contribution in [1.82, 2.24) is 20.2 Å². The summed E-state index contributed by atoms with van der Waals surface area (Å²) in [5, 5.41) is 3.41. The van der Waals surface area contributed by atoms with Gasteiger partial charge in [0.1, 0.15) is 5.75 Å². The molecule has 2 N–H and O–H groups in total. The molecule has 0 aliphatic carbocycles. The first-order chi connectivity index (χ1) is 11.2. The number of H-pyrrole nitrogens is 1. The molecule has 1 saturated heterocycles. The quantitative estimate of drug-likeness (QED) is 0.809. The Kier molecular flexibility index (Phi) is 4.92. The fourth-order valence-electron chi connectivity index (χ4n) is 2.82. The number of methoxy groups -OCH3 is 1. The Bertz CT molecular complexity index is 625. The number of likely N-dealkylation sites (tertiary alicyclic amines) is 1. The highest BCUT2D eigenvalue weighted by Crippen LogP contribution is 2.15. The molecule has 3 rings (SSSR count). The molecule has 1 aromatic carbocycles. The smallest absolute Gasteiger partial charge is 0.224 e. The van der Waals surface area contributed by atoms with E-state index in [9.17, 15) is 4.79 Å². The van der Waals surface area contributed by atoms with E-state index < -0.39 is 0 Å². The topological polar surface area (TPSA) is 70.2 Å². The molecular weight excluding hydrogens is 292 g/mol. The van der Waals surface area contributed by atoms with Gasteiger partial charge in [0, 0.05) is 44.0 Å². The van der Waals surface area contributed by atoms with Crippen LogP contribution in [0.1, 0.15) is 17.7 Å². The van der Waals surface area contributed by atoms with Crippen LogP contribution in [-0.2, 0) is 17.8 Å². The van der Waals surface area contributed by atoms with Crippen molar-refractivity contribution in [1.29, 1.82) is 0 Å². The zero-order valence-corrected chi connectivity index (χ0v) is 13.3. The number of aromatic nitrogens is 2. The first kappa shape index (κ1) is 15.6. The second kappa shape index (κ2) is 7.28. The predicted molar refractivity (Wildman–Crippen MR) is 87.1 cm³/mol. The second-order valence-electron chi connectivity index (χ2n) is 5.80. The zero-order valence-electron chi connectivity index (χ0n) is 13.3. The molecule has 0 spiro atoms. The summed E-state index contributed by atoms with van der Waals surface area (Å²) < 4.78 is 5.16. The van der Waals surface area contributed by atoms with Gasteiger partial charge >= 0.3 is 0 Å². The lowest BCUT2D eigenvalue weighted by Crippen LogP contribution is -2.33. The van der Waals surface area contributed by atoms with Crippen LogP contribution in [0.15, 0.2) is 36.8 Å². The monoisotopic (exact) mass is 314 g/mol.